The summed E-state index contributed by atoms with van der Waals surface area (Å²) >= 11 is 3.06. The van der Waals surface area contributed by atoms with Crippen molar-refractivity contribution in [1.82, 2.24) is 5.16 Å². The molecule has 2 saturated carbocycles. The lowest BCUT2D eigenvalue weighted by Crippen LogP contribution is -2.17. The molecule has 1 aromatic carbocycles. The van der Waals surface area contributed by atoms with E-state index in [0.717, 1.165) is 37.6 Å². The highest BCUT2D eigenvalue weighted by Gasteiger charge is 2.53. The van der Waals surface area contributed by atoms with Crippen LogP contribution in [-0.4, -0.2) is 22.3 Å². The number of thiophene rings is 2. The first kappa shape index (κ1) is 22.8. The second kappa shape index (κ2) is 8.80. The van der Waals surface area contributed by atoms with E-state index in [1.807, 2.05) is 49.4 Å². The molecule has 0 saturated heterocycles. The number of ether oxygens (including phenoxy) is 1. The lowest BCUT2D eigenvalue weighted by molar-refractivity contribution is -0.139. The van der Waals surface area contributed by atoms with Crippen LogP contribution < -0.4 is 5.32 Å². The van der Waals surface area contributed by atoms with Crippen LogP contribution in [0.3, 0.4) is 0 Å². The van der Waals surface area contributed by atoms with Crippen LogP contribution in [-0.2, 0) is 14.9 Å². The predicted octanol–water partition coefficient (Wildman–Crippen LogP) is 6.65. The topological polar surface area (TPSA) is 102 Å². The molecule has 2 N–H and O–H groups in total. The van der Waals surface area contributed by atoms with Crippen molar-refractivity contribution in [3.05, 3.63) is 69.2 Å². The van der Waals surface area contributed by atoms with E-state index < -0.39 is 23.6 Å². The molecule has 7 nitrogen and oxygen atoms in total. The van der Waals surface area contributed by atoms with Crippen molar-refractivity contribution >= 4 is 49.8 Å². The minimum atomic E-state index is -0.745. The number of carbonyl (C=O) groups excluding carboxylic acids is 1. The van der Waals surface area contributed by atoms with Gasteiger partial charge >= 0.3 is 12.1 Å². The third-order valence-electron chi connectivity index (χ3n) is 6.60. The number of anilines is 1. The van der Waals surface area contributed by atoms with Gasteiger partial charge in [-0.05, 0) is 62.1 Å². The first-order valence-corrected chi connectivity index (χ1v) is 13.4. The molecule has 1 atom stereocenters. The van der Waals surface area contributed by atoms with Gasteiger partial charge in [-0.3, -0.25) is 10.1 Å². The maximum absolute atomic E-state index is 12.7. The molecule has 3 heterocycles. The lowest BCUT2D eigenvalue weighted by atomic mass is 10.1. The number of carbonyl (C=O) groups is 2. The van der Waals surface area contributed by atoms with Crippen LogP contribution in [0, 0.1) is 11.8 Å². The summed E-state index contributed by atoms with van der Waals surface area (Å²) in [5, 5.41) is 17.5. The molecule has 6 rings (SSSR count). The number of carboxylic acids is 1. The Hall–Kier alpha value is -3.61. The molecule has 0 aliphatic heterocycles. The van der Waals surface area contributed by atoms with Gasteiger partial charge in [-0.2, -0.15) is 0 Å². The van der Waals surface area contributed by atoms with E-state index in [1.54, 1.807) is 0 Å². The van der Waals surface area contributed by atoms with Crippen LogP contribution in [0.5, 0.6) is 0 Å². The number of fused-ring (bicyclic) bond motifs is 1. The van der Waals surface area contributed by atoms with E-state index in [4.69, 9.17) is 9.26 Å². The van der Waals surface area contributed by atoms with Crippen molar-refractivity contribution in [3.63, 3.8) is 0 Å². The maximum Gasteiger partial charge on any atom is 0.412 e. The fourth-order valence-corrected chi connectivity index (χ4v) is 6.70. The van der Waals surface area contributed by atoms with Crippen molar-refractivity contribution in [2.24, 2.45) is 0 Å². The smallest absolute Gasteiger partial charge is 0.412 e. The van der Waals surface area contributed by atoms with E-state index in [9.17, 15) is 14.7 Å². The van der Waals surface area contributed by atoms with E-state index in [-0.39, 0.29) is 5.92 Å². The van der Waals surface area contributed by atoms with Gasteiger partial charge in [0.15, 0.2) is 11.5 Å². The first-order valence-electron chi connectivity index (χ1n) is 11.7. The normalized spacial score (nSPS) is 16.7. The summed E-state index contributed by atoms with van der Waals surface area (Å²) in [5.74, 6) is 6.29. The first-order chi connectivity index (χ1) is 17.4. The summed E-state index contributed by atoms with van der Waals surface area (Å²) in [4.78, 5) is 26.1. The second-order valence-electron chi connectivity index (χ2n) is 9.23. The zero-order valence-corrected chi connectivity index (χ0v) is 21.0. The average Bonchev–Trinajstić information content (AvgIpc) is 3.76. The Morgan fingerprint density at radius 2 is 1.97 bits per heavy atom. The third-order valence-corrected chi connectivity index (χ3v) is 9.11. The molecule has 0 spiro atoms. The molecule has 9 heteroatoms. The Kier molecular flexibility index (Phi) is 5.58. The van der Waals surface area contributed by atoms with Gasteiger partial charge in [0.1, 0.15) is 17.2 Å². The third kappa shape index (κ3) is 4.27. The Bertz CT molecular complexity index is 1500. The van der Waals surface area contributed by atoms with Gasteiger partial charge in [-0.15, -0.1) is 22.7 Å². The molecule has 36 heavy (non-hydrogen) atoms. The number of nitrogens with one attached hydrogen (secondary N) is 1. The average molecular weight is 519 g/mol. The molecule has 2 aliphatic rings. The molecule has 1 unspecified atom stereocenters. The molecule has 0 radical (unpaired) electrons. The second-order valence-corrected chi connectivity index (χ2v) is 11.6. The number of rotatable bonds is 6. The summed E-state index contributed by atoms with van der Waals surface area (Å²) in [5.41, 5.74) is 1.04. The monoisotopic (exact) mass is 518 g/mol. The van der Waals surface area contributed by atoms with Crippen molar-refractivity contribution in [1.29, 1.82) is 0 Å². The molecule has 3 aromatic heterocycles. The van der Waals surface area contributed by atoms with Gasteiger partial charge in [-0.25, -0.2) is 4.79 Å². The number of hydrogen-bond donors (Lipinski definition) is 2. The summed E-state index contributed by atoms with van der Waals surface area (Å²) < 4.78 is 12.2. The maximum atomic E-state index is 12.7. The van der Waals surface area contributed by atoms with Gasteiger partial charge in [0.25, 0.3) is 0 Å². The predicted molar refractivity (Wildman–Crippen MR) is 138 cm³/mol. The Balaban J connectivity index is 1.21. The highest BCUT2D eigenvalue weighted by molar-refractivity contribution is 7.38. The largest absolute Gasteiger partial charge is 0.481 e. The van der Waals surface area contributed by atoms with E-state index in [2.05, 4.69) is 22.3 Å². The SMILES string of the molecule is CC(OC(=O)Nc1c(C#Cc2cc3cc(C4(C(=O)O)CC4)sc3s2)noc1C1CC1)c1ccccc1. The van der Waals surface area contributed by atoms with E-state index >= 15 is 0 Å². The molecular formula is C27H22N2O5S2. The lowest BCUT2D eigenvalue weighted by Gasteiger charge is -2.14. The quantitative estimate of drug-likeness (QED) is 0.277. The number of aliphatic carboxylic acids is 1. The molecule has 2 fully saturated rings. The number of aromatic nitrogens is 1. The zero-order valence-electron chi connectivity index (χ0n) is 19.4. The van der Waals surface area contributed by atoms with Crippen LogP contribution in [0.1, 0.15) is 71.4 Å². The molecule has 1 amide bonds. The van der Waals surface area contributed by atoms with Gasteiger partial charge in [0.2, 0.25) is 0 Å². The summed E-state index contributed by atoms with van der Waals surface area (Å²) in [6.07, 6.45) is 2.35. The Morgan fingerprint density at radius 1 is 1.19 bits per heavy atom. The number of carboxylic acid groups (broad SMARTS) is 1. The van der Waals surface area contributed by atoms with E-state index in [0.29, 0.717) is 30.0 Å². The van der Waals surface area contributed by atoms with Gasteiger partial charge < -0.3 is 14.4 Å². The minimum Gasteiger partial charge on any atom is -0.481 e. The van der Waals surface area contributed by atoms with Gasteiger partial charge in [-0.1, -0.05) is 35.5 Å². The fourth-order valence-electron chi connectivity index (χ4n) is 4.17. The van der Waals surface area contributed by atoms with Crippen LogP contribution in [0.2, 0.25) is 0 Å². The van der Waals surface area contributed by atoms with Crippen molar-refractivity contribution in [2.75, 3.05) is 5.32 Å². The molecular weight excluding hydrogens is 496 g/mol. The highest BCUT2D eigenvalue weighted by atomic mass is 32.2. The Labute approximate surface area is 215 Å². The summed E-state index contributed by atoms with van der Waals surface area (Å²) in [6, 6.07) is 13.5. The summed E-state index contributed by atoms with van der Waals surface area (Å²) in [6.45, 7) is 1.82. The number of amides is 1. The van der Waals surface area contributed by atoms with Crippen molar-refractivity contribution in [3.8, 4) is 11.8 Å². The Morgan fingerprint density at radius 3 is 2.64 bits per heavy atom. The van der Waals surface area contributed by atoms with Crippen LogP contribution in [0.4, 0.5) is 10.5 Å². The van der Waals surface area contributed by atoms with Gasteiger partial charge in [0.05, 0.1) is 8.89 Å². The fraction of sp³-hybridized carbons (Fsp3) is 0.296. The van der Waals surface area contributed by atoms with Crippen LogP contribution in [0.25, 0.3) is 9.40 Å². The molecule has 182 valence electrons. The van der Waals surface area contributed by atoms with Crippen LogP contribution >= 0.6 is 22.7 Å². The van der Waals surface area contributed by atoms with Crippen molar-refractivity contribution in [2.45, 2.75) is 50.0 Å². The number of hydrogen-bond acceptors (Lipinski definition) is 7. The zero-order chi connectivity index (χ0) is 24.9. The molecule has 0 bridgehead atoms. The van der Waals surface area contributed by atoms with E-state index in [1.165, 1.54) is 22.7 Å². The summed E-state index contributed by atoms with van der Waals surface area (Å²) in [7, 11) is 0. The standard InChI is InChI=1S/C27H22N2O5S2/c1-15(16-5-3-2-4-6-16)33-26(32)28-22-20(29-34-23(22)17-7-8-17)10-9-19-13-18-14-21(36-24(18)35-19)27(11-12-27)25(30)31/h2-6,13-15,17H,7-8,11-12H2,1H3,(H,28,32)(H,30,31). The minimum absolute atomic E-state index is 0.226. The number of nitrogens with zero attached hydrogens (tertiary/aromatic N) is 1. The van der Waals surface area contributed by atoms with Crippen molar-refractivity contribution < 1.29 is 24.0 Å². The van der Waals surface area contributed by atoms with Gasteiger partial charge in [0, 0.05) is 16.2 Å². The highest BCUT2D eigenvalue weighted by Crippen LogP contribution is 2.52. The molecule has 2 aliphatic carbocycles. The number of benzene rings is 1. The van der Waals surface area contributed by atoms with Crippen LogP contribution in [0.15, 0.2) is 47.0 Å². The molecule has 4 aromatic rings.